The molecule has 1 heterocycles. The lowest BCUT2D eigenvalue weighted by Crippen LogP contribution is -2.31. The van der Waals surface area contributed by atoms with Crippen molar-refractivity contribution in [1.29, 1.82) is 0 Å². The number of benzene rings is 1. The van der Waals surface area contributed by atoms with E-state index >= 15 is 0 Å². The van der Waals surface area contributed by atoms with Gasteiger partial charge in [-0.25, -0.2) is 8.42 Å². The summed E-state index contributed by atoms with van der Waals surface area (Å²) >= 11 is 0. The van der Waals surface area contributed by atoms with Gasteiger partial charge in [0.25, 0.3) is 0 Å². The minimum Gasteiger partial charge on any atom is -0.326 e. The zero-order chi connectivity index (χ0) is 15.0. The molecule has 0 radical (unpaired) electrons. The molecular formula is C12H16ClF3N2O2S. The van der Waals surface area contributed by atoms with Crippen LogP contribution in [0.4, 0.5) is 13.2 Å². The fraction of sp³-hybridized carbons (Fsp3) is 0.500. The number of hydrogen-bond donors (Lipinski definition) is 1. The molecule has 1 atom stereocenters. The van der Waals surface area contributed by atoms with Crippen molar-refractivity contribution < 1.29 is 21.6 Å². The first-order valence-corrected chi connectivity index (χ1v) is 7.54. The summed E-state index contributed by atoms with van der Waals surface area (Å²) in [6.45, 7) is 0.584. The molecular weight excluding hydrogens is 329 g/mol. The quantitative estimate of drug-likeness (QED) is 0.911. The SMILES string of the molecule is Cl.N[C@@H]1CCN(S(=O)(=O)c2ccc(CC(F)(F)F)cc2)C1. The molecule has 0 aliphatic carbocycles. The van der Waals surface area contributed by atoms with Gasteiger partial charge in [-0.05, 0) is 24.1 Å². The first kappa shape index (κ1) is 18.2. The van der Waals surface area contributed by atoms with Gasteiger partial charge in [-0.3, -0.25) is 0 Å². The van der Waals surface area contributed by atoms with E-state index in [1.807, 2.05) is 0 Å². The summed E-state index contributed by atoms with van der Waals surface area (Å²) in [5, 5.41) is 0. The second kappa shape index (κ2) is 6.51. The maximum atomic E-state index is 12.2. The Morgan fingerprint density at radius 1 is 1.24 bits per heavy atom. The van der Waals surface area contributed by atoms with Crippen molar-refractivity contribution in [2.75, 3.05) is 13.1 Å². The van der Waals surface area contributed by atoms with Crippen molar-refractivity contribution in [2.45, 2.75) is 30.0 Å². The minimum absolute atomic E-state index is 0. The third-order valence-corrected chi connectivity index (χ3v) is 5.03. The van der Waals surface area contributed by atoms with Crippen molar-refractivity contribution in [3.8, 4) is 0 Å². The third-order valence-electron chi connectivity index (χ3n) is 3.15. The molecule has 1 saturated heterocycles. The fourth-order valence-electron chi connectivity index (χ4n) is 2.13. The number of sulfonamides is 1. The van der Waals surface area contributed by atoms with E-state index < -0.39 is 22.6 Å². The fourth-order valence-corrected chi connectivity index (χ4v) is 3.64. The molecule has 2 rings (SSSR count). The Morgan fingerprint density at radius 3 is 2.24 bits per heavy atom. The van der Waals surface area contributed by atoms with Crippen molar-refractivity contribution in [3.63, 3.8) is 0 Å². The standard InChI is InChI=1S/C12H15F3N2O2S.ClH/c13-12(14,15)7-9-1-3-11(4-2-9)20(18,19)17-6-5-10(16)8-17;/h1-4,10H,5-8,16H2;1H/t10-;/m1./s1. The number of nitrogens with zero attached hydrogens (tertiary/aromatic N) is 1. The first-order chi connectivity index (χ1) is 9.18. The monoisotopic (exact) mass is 344 g/mol. The third kappa shape index (κ3) is 4.57. The van der Waals surface area contributed by atoms with Crippen LogP contribution < -0.4 is 5.73 Å². The molecule has 0 amide bonds. The van der Waals surface area contributed by atoms with Gasteiger partial charge in [-0.2, -0.15) is 17.5 Å². The molecule has 1 aliphatic heterocycles. The molecule has 0 unspecified atom stereocenters. The molecule has 1 aromatic carbocycles. The minimum atomic E-state index is -4.30. The van der Waals surface area contributed by atoms with Crippen molar-refractivity contribution in [3.05, 3.63) is 29.8 Å². The van der Waals surface area contributed by atoms with Crippen LogP contribution in [0.3, 0.4) is 0 Å². The molecule has 1 fully saturated rings. The van der Waals surface area contributed by atoms with E-state index in [9.17, 15) is 21.6 Å². The largest absolute Gasteiger partial charge is 0.393 e. The number of alkyl halides is 3. The number of hydrogen-bond acceptors (Lipinski definition) is 3. The number of rotatable bonds is 3. The van der Waals surface area contributed by atoms with E-state index in [-0.39, 0.29) is 35.5 Å². The summed E-state index contributed by atoms with van der Waals surface area (Å²) in [7, 11) is -3.66. The van der Waals surface area contributed by atoms with Crippen molar-refractivity contribution in [2.24, 2.45) is 5.73 Å². The maximum Gasteiger partial charge on any atom is 0.393 e. The highest BCUT2D eigenvalue weighted by Crippen LogP contribution is 2.24. The summed E-state index contributed by atoms with van der Waals surface area (Å²) in [4.78, 5) is -0.00229. The molecule has 9 heteroatoms. The van der Waals surface area contributed by atoms with Crippen LogP contribution in [0.25, 0.3) is 0 Å². The summed E-state index contributed by atoms with van der Waals surface area (Å²) in [6, 6.07) is 4.61. The predicted molar refractivity (Wildman–Crippen MR) is 74.8 cm³/mol. The Morgan fingerprint density at radius 2 is 1.81 bits per heavy atom. The number of nitrogens with two attached hydrogens (primary N) is 1. The zero-order valence-electron chi connectivity index (χ0n) is 11.0. The van der Waals surface area contributed by atoms with Crippen LogP contribution in [0.2, 0.25) is 0 Å². The average Bonchev–Trinajstić information content (AvgIpc) is 2.75. The normalized spacial score (nSPS) is 20.3. The molecule has 4 nitrogen and oxygen atoms in total. The highest BCUT2D eigenvalue weighted by Gasteiger charge is 2.31. The van der Waals surface area contributed by atoms with E-state index in [2.05, 4.69) is 0 Å². The Balaban J connectivity index is 0.00000220. The average molecular weight is 345 g/mol. The molecule has 120 valence electrons. The number of halogens is 4. The van der Waals surface area contributed by atoms with Gasteiger partial charge in [0.15, 0.2) is 0 Å². The van der Waals surface area contributed by atoms with Gasteiger partial charge in [-0.15, -0.1) is 12.4 Å². The van der Waals surface area contributed by atoms with Crippen LogP contribution in [-0.2, 0) is 16.4 Å². The van der Waals surface area contributed by atoms with Crippen LogP contribution in [0.1, 0.15) is 12.0 Å². The van der Waals surface area contributed by atoms with E-state index in [4.69, 9.17) is 5.73 Å². The van der Waals surface area contributed by atoms with Crippen LogP contribution in [0, 0.1) is 0 Å². The summed E-state index contributed by atoms with van der Waals surface area (Å²) in [5.41, 5.74) is 5.70. The van der Waals surface area contributed by atoms with E-state index in [0.717, 1.165) is 0 Å². The van der Waals surface area contributed by atoms with Gasteiger partial charge in [0, 0.05) is 19.1 Å². The van der Waals surface area contributed by atoms with Gasteiger partial charge >= 0.3 is 6.18 Å². The van der Waals surface area contributed by atoms with Gasteiger partial charge < -0.3 is 5.73 Å². The van der Waals surface area contributed by atoms with Gasteiger partial charge in [0.1, 0.15) is 0 Å². The summed E-state index contributed by atoms with van der Waals surface area (Å²) in [6.07, 6.45) is -4.78. The van der Waals surface area contributed by atoms with Gasteiger partial charge in [0.05, 0.1) is 11.3 Å². The van der Waals surface area contributed by atoms with Crippen LogP contribution in [-0.4, -0.2) is 38.0 Å². The molecule has 21 heavy (non-hydrogen) atoms. The van der Waals surface area contributed by atoms with Crippen LogP contribution >= 0.6 is 12.4 Å². The lowest BCUT2D eigenvalue weighted by Gasteiger charge is -2.16. The van der Waals surface area contributed by atoms with E-state index in [0.29, 0.717) is 13.0 Å². The predicted octanol–water partition coefficient (Wildman–Crippen LogP) is 1.93. The Labute approximate surface area is 127 Å². The van der Waals surface area contributed by atoms with Gasteiger partial charge in [-0.1, -0.05) is 12.1 Å². The molecule has 1 aliphatic rings. The molecule has 2 N–H and O–H groups in total. The Kier molecular flexibility index (Phi) is 5.65. The summed E-state index contributed by atoms with van der Waals surface area (Å²) < 4.78 is 62.4. The first-order valence-electron chi connectivity index (χ1n) is 6.10. The highest BCUT2D eigenvalue weighted by atomic mass is 35.5. The zero-order valence-corrected chi connectivity index (χ0v) is 12.6. The molecule has 0 bridgehead atoms. The van der Waals surface area contributed by atoms with E-state index in [1.54, 1.807) is 0 Å². The van der Waals surface area contributed by atoms with Crippen LogP contribution in [0.15, 0.2) is 29.2 Å². The molecule has 0 aromatic heterocycles. The molecule has 1 aromatic rings. The topological polar surface area (TPSA) is 63.4 Å². The lowest BCUT2D eigenvalue weighted by atomic mass is 10.1. The van der Waals surface area contributed by atoms with E-state index in [1.165, 1.54) is 28.6 Å². The lowest BCUT2D eigenvalue weighted by molar-refractivity contribution is -0.127. The molecule has 0 saturated carbocycles. The maximum absolute atomic E-state index is 12.2. The Hall–Kier alpha value is -0.830. The highest BCUT2D eigenvalue weighted by molar-refractivity contribution is 7.89. The second-order valence-corrected chi connectivity index (χ2v) is 6.79. The van der Waals surface area contributed by atoms with Crippen LogP contribution in [0.5, 0.6) is 0 Å². The summed E-state index contributed by atoms with van der Waals surface area (Å²) in [5.74, 6) is 0. The Bertz CT molecular complexity index is 575. The molecule has 0 spiro atoms. The van der Waals surface area contributed by atoms with Crippen molar-refractivity contribution in [1.82, 2.24) is 4.31 Å². The smallest absolute Gasteiger partial charge is 0.326 e. The second-order valence-electron chi connectivity index (χ2n) is 4.85. The van der Waals surface area contributed by atoms with Crippen molar-refractivity contribution >= 4 is 22.4 Å². The van der Waals surface area contributed by atoms with Gasteiger partial charge in [0.2, 0.25) is 10.0 Å².